The van der Waals surface area contributed by atoms with Gasteiger partial charge in [-0.05, 0) is 31.9 Å². The summed E-state index contributed by atoms with van der Waals surface area (Å²) < 4.78 is 11.0. The average molecular weight is 294 g/mol. The van der Waals surface area contributed by atoms with Crippen molar-refractivity contribution in [2.24, 2.45) is 5.73 Å². The van der Waals surface area contributed by atoms with Gasteiger partial charge in [-0.1, -0.05) is 25.1 Å². The third-order valence-corrected chi connectivity index (χ3v) is 3.54. The van der Waals surface area contributed by atoms with Crippen LogP contribution in [-0.4, -0.2) is 39.5 Å². The molecule has 1 aromatic rings. The SMILES string of the molecule is CCOCCN(CCOCC)c1ccccc1[C@@H](N)CC. The first-order valence-corrected chi connectivity index (χ1v) is 7.99. The largest absolute Gasteiger partial charge is 0.380 e. The second-order valence-corrected chi connectivity index (χ2v) is 4.95. The molecule has 1 rings (SSSR count). The smallest absolute Gasteiger partial charge is 0.0641 e. The summed E-state index contributed by atoms with van der Waals surface area (Å²) in [5.41, 5.74) is 8.66. The highest BCUT2D eigenvalue weighted by Crippen LogP contribution is 2.26. The molecule has 0 aliphatic rings. The summed E-state index contributed by atoms with van der Waals surface area (Å²) >= 11 is 0. The van der Waals surface area contributed by atoms with Crippen LogP contribution in [0.3, 0.4) is 0 Å². The first-order chi connectivity index (χ1) is 10.2. The van der Waals surface area contributed by atoms with E-state index in [4.69, 9.17) is 15.2 Å². The Kier molecular flexibility index (Phi) is 9.06. The fraction of sp³-hybridized carbons (Fsp3) is 0.647. The van der Waals surface area contributed by atoms with Crippen molar-refractivity contribution < 1.29 is 9.47 Å². The predicted molar refractivity (Wildman–Crippen MR) is 88.9 cm³/mol. The summed E-state index contributed by atoms with van der Waals surface area (Å²) in [6.07, 6.45) is 0.932. The number of hydrogen-bond donors (Lipinski definition) is 1. The van der Waals surface area contributed by atoms with Crippen LogP contribution in [-0.2, 0) is 9.47 Å². The standard InChI is InChI=1S/C17H30N2O2/c1-4-16(18)15-9-7-8-10-17(15)19(11-13-20-5-2)12-14-21-6-3/h7-10,16H,4-6,11-14,18H2,1-3H3/t16-/m0/s1. The van der Waals surface area contributed by atoms with Gasteiger partial charge in [0.1, 0.15) is 0 Å². The van der Waals surface area contributed by atoms with Gasteiger partial charge in [0, 0.05) is 38.0 Å². The summed E-state index contributed by atoms with van der Waals surface area (Å²) in [6, 6.07) is 8.45. The van der Waals surface area contributed by atoms with Gasteiger partial charge in [-0.3, -0.25) is 0 Å². The fourth-order valence-corrected chi connectivity index (χ4v) is 2.30. The molecule has 0 saturated heterocycles. The number of hydrogen-bond acceptors (Lipinski definition) is 4. The minimum absolute atomic E-state index is 0.0721. The summed E-state index contributed by atoms with van der Waals surface area (Å²) in [7, 11) is 0. The van der Waals surface area contributed by atoms with Crippen LogP contribution in [0.1, 0.15) is 38.8 Å². The van der Waals surface area contributed by atoms with Crippen molar-refractivity contribution in [3.8, 4) is 0 Å². The van der Waals surface area contributed by atoms with E-state index in [2.05, 4.69) is 36.1 Å². The first-order valence-electron chi connectivity index (χ1n) is 7.99. The average Bonchev–Trinajstić information content (AvgIpc) is 2.53. The van der Waals surface area contributed by atoms with Crippen molar-refractivity contribution >= 4 is 5.69 Å². The van der Waals surface area contributed by atoms with Gasteiger partial charge < -0.3 is 20.1 Å². The third kappa shape index (κ3) is 6.04. The predicted octanol–water partition coefficient (Wildman–Crippen LogP) is 2.98. The van der Waals surface area contributed by atoms with Crippen LogP contribution in [0, 0.1) is 0 Å². The van der Waals surface area contributed by atoms with Crippen LogP contribution in [0.2, 0.25) is 0 Å². The topological polar surface area (TPSA) is 47.7 Å². The maximum Gasteiger partial charge on any atom is 0.0641 e. The molecule has 4 nitrogen and oxygen atoms in total. The Morgan fingerprint density at radius 3 is 2.10 bits per heavy atom. The second-order valence-electron chi connectivity index (χ2n) is 4.95. The Labute approximate surface area is 129 Å². The van der Waals surface area contributed by atoms with E-state index < -0.39 is 0 Å². The molecule has 0 amide bonds. The highest BCUT2D eigenvalue weighted by Gasteiger charge is 2.14. The third-order valence-electron chi connectivity index (χ3n) is 3.54. The Balaban J connectivity index is 2.84. The molecule has 0 aliphatic carbocycles. The van der Waals surface area contributed by atoms with E-state index in [0.717, 1.165) is 45.9 Å². The maximum absolute atomic E-state index is 6.25. The van der Waals surface area contributed by atoms with Gasteiger partial charge in [0.25, 0.3) is 0 Å². The van der Waals surface area contributed by atoms with E-state index in [-0.39, 0.29) is 6.04 Å². The zero-order chi connectivity index (χ0) is 15.5. The number of benzene rings is 1. The van der Waals surface area contributed by atoms with Crippen LogP contribution in [0.4, 0.5) is 5.69 Å². The van der Waals surface area contributed by atoms with Gasteiger partial charge in [0.2, 0.25) is 0 Å². The van der Waals surface area contributed by atoms with E-state index in [9.17, 15) is 0 Å². The molecule has 0 aliphatic heterocycles. The van der Waals surface area contributed by atoms with Crippen molar-refractivity contribution in [2.75, 3.05) is 44.4 Å². The number of rotatable bonds is 11. The summed E-state index contributed by atoms with van der Waals surface area (Å²) in [6.45, 7) is 10.8. The molecule has 0 radical (unpaired) electrons. The highest BCUT2D eigenvalue weighted by molar-refractivity contribution is 5.55. The monoisotopic (exact) mass is 294 g/mol. The zero-order valence-electron chi connectivity index (χ0n) is 13.7. The Hall–Kier alpha value is -1.10. The minimum atomic E-state index is 0.0721. The lowest BCUT2D eigenvalue weighted by Crippen LogP contribution is -2.32. The van der Waals surface area contributed by atoms with Gasteiger partial charge in [-0.15, -0.1) is 0 Å². The van der Waals surface area contributed by atoms with Crippen molar-refractivity contribution in [3.05, 3.63) is 29.8 Å². The van der Waals surface area contributed by atoms with E-state index in [0.29, 0.717) is 0 Å². The van der Waals surface area contributed by atoms with E-state index in [1.54, 1.807) is 0 Å². The van der Waals surface area contributed by atoms with E-state index in [1.807, 2.05) is 13.8 Å². The van der Waals surface area contributed by atoms with Crippen molar-refractivity contribution in [2.45, 2.75) is 33.2 Å². The van der Waals surface area contributed by atoms with Crippen LogP contribution in [0.5, 0.6) is 0 Å². The Morgan fingerprint density at radius 2 is 1.57 bits per heavy atom. The molecule has 0 bridgehead atoms. The van der Waals surface area contributed by atoms with Gasteiger partial charge >= 0.3 is 0 Å². The molecule has 0 spiro atoms. The molecular weight excluding hydrogens is 264 g/mol. The molecule has 120 valence electrons. The zero-order valence-corrected chi connectivity index (χ0v) is 13.7. The van der Waals surface area contributed by atoms with Crippen LogP contribution >= 0.6 is 0 Å². The van der Waals surface area contributed by atoms with Gasteiger partial charge in [-0.2, -0.15) is 0 Å². The van der Waals surface area contributed by atoms with Crippen LogP contribution in [0.15, 0.2) is 24.3 Å². The fourth-order valence-electron chi connectivity index (χ4n) is 2.30. The van der Waals surface area contributed by atoms with Gasteiger partial charge in [0.15, 0.2) is 0 Å². The van der Waals surface area contributed by atoms with Crippen LogP contribution < -0.4 is 10.6 Å². The normalized spacial score (nSPS) is 12.4. The van der Waals surface area contributed by atoms with Gasteiger partial charge in [0.05, 0.1) is 13.2 Å². The molecule has 0 saturated carbocycles. The molecule has 1 atom stereocenters. The van der Waals surface area contributed by atoms with Gasteiger partial charge in [-0.25, -0.2) is 0 Å². The lowest BCUT2D eigenvalue weighted by molar-refractivity contribution is 0.141. The summed E-state index contributed by atoms with van der Waals surface area (Å²) in [4.78, 5) is 2.32. The van der Waals surface area contributed by atoms with Crippen LogP contribution in [0.25, 0.3) is 0 Å². The summed E-state index contributed by atoms with van der Waals surface area (Å²) in [5.74, 6) is 0. The molecule has 0 aromatic heterocycles. The molecule has 4 heteroatoms. The molecule has 0 fully saturated rings. The first kappa shape index (κ1) is 18.0. The molecule has 0 unspecified atom stereocenters. The lowest BCUT2D eigenvalue weighted by atomic mass is 10.0. The molecule has 1 aromatic carbocycles. The summed E-state index contributed by atoms with van der Waals surface area (Å²) in [5, 5.41) is 0. The number of nitrogens with two attached hydrogens (primary N) is 1. The van der Waals surface area contributed by atoms with Crippen molar-refractivity contribution in [3.63, 3.8) is 0 Å². The molecular formula is C17H30N2O2. The second kappa shape index (κ2) is 10.6. The number of ether oxygens (including phenoxy) is 2. The Bertz CT molecular complexity index is 375. The Morgan fingerprint density at radius 1 is 1.00 bits per heavy atom. The number of anilines is 1. The highest BCUT2D eigenvalue weighted by atomic mass is 16.5. The lowest BCUT2D eigenvalue weighted by Gasteiger charge is -2.28. The number of nitrogens with zero attached hydrogens (tertiary/aromatic N) is 1. The number of para-hydroxylation sites is 1. The quantitative estimate of drug-likeness (QED) is 0.637. The molecule has 0 heterocycles. The molecule has 21 heavy (non-hydrogen) atoms. The van der Waals surface area contributed by atoms with E-state index >= 15 is 0 Å². The van der Waals surface area contributed by atoms with Crippen molar-refractivity contribution in [1.29, 1.82) is 0 Å². The maximum atomic E-state index is 6.25. The van der Waals surface area contributed by atoms with Crippen molar-refractivity contribution in [1.82, 2.24) is 0 Å². The molecule has 2 N–H and O–H groups in total. The van der Waals surface area contributed by atoms with E-state index in [1.165, 1.54) is 11.3 Å². The minimum Gasteiger partial charge on any atom is -0.380 e.